The molecular weight excluding hydrogens is 190 g/mol. The molecule has 0 bridgehead atoms. The average molecular weight is 205 g/mol. The molecule has 15 heavy (non-hydrogen) atoms. The van der Waals surface area contributed by atoms with E-state index in [1.165, 1.54) is 5.56 Å². The summed E-state index contributed by atoms with van der Waals surface area (Å²) in [6, 6.07) is 7.37. The van der Waals surface area contributed by atoms with Gasteiger partial charge < -0.3 is 5.73 Å². The fourth-order valence-corrected chi connectivity index (χ4v) is 1.19. The van der Waals surface area contributed by atoms with E-state index in [1.807, 2.05) is 31.2 Å². The van der Waals surface area contributed by atoms with E-state index in [4.69, 9.17) is 5.73 Å². The summed E-state index contributed by atoms with van der Waals surface area (Å²) < 4.78 is 0. The first kappa shape index (κ1) is 11.2. The zero-order valence-electron chi connectivity index (χ0n) is 8.95. The van der Waals surface area contributed by atoms with Gasteiger partial charge in [-0.15, -0.1) is 0 Å². The zero-order valence-corrected chi connectivity index (χ0v) is 8.95. The summed E-state index contributed by atoms with van der Waals surface area (Å²) in [7, 11) is 0. The van der Waals surface area contributed by atoms with Gasteiger partial charge in [-0.1, -0.05) is 31.2 Å². The molecule has 0 aliphatic heterocycles. The Morgan fingerprint density at radius 2 is 2.00 bits per heavy atom. The smallest absolute Gasteiger partial charge is 0.332 e. The lowest BCUT2D eigenvalue weighted by molar-refractivity contribution is 0.249. The largest absolute Gasteiger partial charge is 0.350 e. The van der Waals surface area contributed by atoms with Gasteiger partial charge in [0, 0.05) is 0 Å². The van der Waals surface area contributed by atoms with Crippen molar-refractivity contribution in [1.82, 2.24) is 5.43 Å². The van der Waals surface area contributed by atoms with Crippen molar-refractivity contribution in [3.05, 3.63) is 35.4 Å². The molecule has 3 N–H and O–H groups in total. The predicted octanol–water partition coefficient (Wildman–Crippen LogP) is 1.64. The molecule has 1 rings (SSSR count). The van der Waals surface area contributed by atoms with Crippen LogP contribution in [0.25, 0.3) is 0 Å². The first-order chi connectivity index (χ1) is 7.13. The van der Waals surface area contributed by atoms with Crippen molar-refractivity contribution in [3.63, 3.8) is 0 Å². The van der Waals surface area contributed by atoms with Crippen LogP contribution in [0, 0.1) is 0 Å². The number of hydrazone groups is 1. The highest BCUT2D eigenvalue weighted by atomic mass is 16.2. The van der Waals surface area contributed by atoms with Crippen molar-refractivity contribution in [2.24, 2.45) is 10.8 Å². The fourth-order valence-electron chi connectivity index (χ4n) is 1.19. The molecule has 1 aromatic carbocycles. The Hall–Kier alpha value is -1.84. The molecule has 0 unspecified atom stereocenters. The molecule has 0 heterocycles. The van der Waals surface area contributed by atoms with Crippen molar-refractivity contribution in [1.29, 1.82) is 0 Å². The standard InChI is InChI=1S/C11H15N3O/c1-3-9-4-6-10(7-5-9)8(2)13-14-11(12)15/h4-7H,3H2,1-2H3,(H3,12,14,15)/b13-8-. The number of amides is 2. The van der Waals surface area contributed by atoms with Gasteiger partial charge in [0.2, 0.25) is 0 Å². The van der Waals surface area contributed by atoms with Crippen LogP contribution < -0.4 is 11.2 Å². The van der Waals surface area contributed by atoms with Gasteiger partial charge in [-0.05, 0) is 24.5 Å². The molecular formula is C11H15N3O. The topological polar surface area (TPSA) is 67.5 Å². The minimum atomic E-state index is -0.653. The number of carbonyl (C=O) groups is 1. The molecule has 0 saturated carbocycles. The highest BCUT2D eigenvalue weighted by Crippen LogP contribution is 2.05. The summed E-state index contributed by atoms with van der Waals surface area (Å²) in [5.74, 6) is 0. The monoisotopic (exact) mass is 205 g/mol. The van der Waals surface area contributed by atoms with Crippen molar-refractivity contribution < 1.29 is 4.79 Å². The molecule has 0 aromatic heterocycles. The number of hydrogen-bond acceptors (Lipinski definition) is 2. The third kappa shape index (κ3) is 3.42. The number of nitrogens with two attached hydrogens (primary N) is 1. The normalized spacial score (nSPS) is 11.2. The quantitative estimate of drug-likeness (QED) is 0.571. The summed E-state index contributed by atoms with van der Waals surface area (Å²) in [6.45, 7) is 3.92. The summed E-state index contributed by atoms with van der Waals surface area (Å²) in [5, 5.41) is 3.84. The van der Waals surface area contributed by atoms with E-state index in [9.17, 15) is 4.79 Å². The fraction of sp³-hybridized carbons (Fsp3) is 0.273. The highest BCUT2D eigenvalue weighted by Gasteiger charge is 1.97. The number of primary amides is 1. The molecule has 0 saturated heterocycles. The van der Waals surface area contributed by atoms with Gasteiger partial charge in [0.05, 0.1) is 5.71 Å². The van der Waals surface area contributed by atoms with Gasteiger partial charge in [0.25, 0.3) is 0 Å². The van der Waals surface area contributed by atoms with Gasteiger partial charge >= 0.3 is 6.03 Å². The number of urea groups is 1. The molecule has 0 radical (unpaired) electrons. The second kappa shape index (κ2) is 5.14. The molecule has 2 amide bonds. The van der Waals surface area contributed by atoms with E-state index < -0.39 is 6.03 Å². The van der Waals surface area contributed by atoms with Gasteiger partial charge in [-0.3, -0.25) is 0 Å². The molecule has 4 nitrogen and oxygen atoms in total. The Balaban J connectivity index is 2.77. The zero-order chi connectivity index (χ0) is 11.3. The summed E-state index contributed by atoms with van der Waals surface area (Å²) in [4.78, 5) is 10.4. The van der Waals surface area contributed by atoms with Crippen LogP contribution in [0.2, 0.25) is 0 Å². The van der Waals surface area contributed by atoms with Gasteiger partial charge in [0.15, 0.2) is 0 Å². The van der Waals surface area contributed by atoms with Gasteiger partial charge in [-0.2, -0.15) is 5.10 Å². The Morgan fingerprint density at radius 1 is 1.40 bits per heavy atom. The molecule has 0 aliphatic carbocycles. The van der Waals surface area contributed by atoms with Crippen LogP contribution in [-0.4, -0.2) is 11.7 Å². The third-order valence-corrected chi connectivity index (χ3v) is 2.11. The molecule has 1 aromatic rings. The van der Waals surface area contributed by atoms with Gasteiger partial charge in [0.1, 0.15) is 0 Å². The van der Waals surface area contributed by atoms with E-state index in [1.54, 1.807) is 0 Å². The number of rotatable bonds is 3. The number of nitrogens with zero attached hydrogens (tertiary/aromatic N) is 1. The van der Waals surface area contributed by atoms with Crippen LogP contribution in [-0.2, 0) is 6.42 Å². The van der Waals surface area contributed by atoms with Crippen molar-refractivity contribution in [2.75, 3.05) is 0 Å². The van der Waals surface area contributed by atoms with Crippen LogP contribution in [0.15, 0.2) is 29.4 Å². The second-order valence-corrected chi connectivity index (χ2v) is 3.22. The lowest BCUT2D eigenvalue weighted by Crippen LogP contribution is -2.25. The van der Waals surface area contributed by atoms with E-state index >= 15 is 0 Å². The van der Waals surface area contributed by atoms with Crippen LogP contribution in [0.1, 0.15) is 25.0 Å². The third-order valence-electron chi connectivity index (χ3n) is 2.11. The summed E-state index contributed by atoms with van der Waals surface area (Å²) >= 11 is 0. The Labute approximate surface area is 89.2 Å². The molecule has 4 heteroatoms. The number of hydrogen-bond donors (Lipinski definition) is 2. The van der Waals surface area contributed by atoms with Crippen LogP contribution in [0.3, 0.4) is 0 Å². The Kier molecular flexibility index (Phi) is 3.85. The SMILES string of the molecule is CCc1ccc(/C(C)=N\NC(N)=O)cc1. The number of carbonyl (C=O) groups excluding carboxylic acids is 1. The molecule has 0 atom stereocenters. The lowest BCUT2D eigenvalue weighted by atomic mass is 10.1. The maximum atomic E-state index is 10.4. The summed E-state index contributed by atoms with van der Waals surface area (Å²) in [6.07, 6.45) is 1.01. The molecule has 0 aliphatic rings. The molecule has 80 valence electrons. The maximum absolute atomic E-state index is 10.4. The van der Waals surface area contributed by atoms with Gasteiger partial charge in [-0.25, -0.2) is 10.2 Å². The average Bonchev–Trinajstić information content (AvgIpc) is 2.26. The van der Waals surface area contributed by atoms with Crippen LogP contribution in [0.5, 0.6) is 0 Å². The van der Waals surface area contributed by atoms with E-state index in [0.29, 0.717) is 0 Å². The molecule has 0 fully saturated rings. The first-order valence-corrected chi connectivity index (χ1v) is 4.82. The Bertz CT molecular complexity index is 368. The van der Waals surface area contributed by atoms with Crippen molar-refractivity contribution >= 4 is 11.7 Å². The van der Waals surface area contributed by atoms with E-state index in [2.05, 4.69) is 17.5 Å². The minimum Gasteiger partial charge on any atom is -0.350 e. The van der Waals surface area contributed by atoms with E-state index in [-0.39, 0.29) is 0 Å². The molecule has 0 spiro atoms. The highest BCUT2D eigenvalue weighted by molar-refractivity contribution is 5.99. The first-order valence-electron chi connectivity index (χ1n) is 4.82. The lowest BCUT2D eigenvalue weighted by Gasteiger charge is -2.02. The van der Waals surface area contributed by atoms with Crippen LogP contribution >= 0.6 is 0 Å². The number of nitrogens with one attached hydrogen (secondary N) is 1. The Morgan fingerprint density at radius 3 is 2.47 bits per heavy atom. The summed E-state index contributed by atoms with van der Waals surface area (Å²) in [5.41, 5.74) is 10.1. The van der Waals surface area contributed by atoms with E-state index in [0.717, 1.165) is 17.7 Å². The maximum Gasteiger partial charge on any atom is 0.332 e. The number of aryl methyl sites for hydroxylation is 1. The van der Waals surface area contributed by atoms with Crippen molar-refractivity contribution in [2.45, 2.75) is 20.3 Å². The van der Waals surface area contributed by atoms with Crippen molar-refractivity contribution in [3.8, 4) is 0 Å². The predicted molar refractivity (Wildman–Crippen MR) is 60.8 cm³/mol. The van der Waals surface area contributed by atoms with Crippen LogP contribution in [0.4, 0.5) is 4.79 Å². The second-order valence-electron chi connectivity index (χ2n) is 3.22. The number of benzene rings is 1. The minimum absolute atomic E-state index is 0.653.